The fourth-order valence-electron chi connectivity index (χ4n) is 0.721. The lowest BCUT2D eigenvalue weighted by molar-refractivity contribution is 0.175. The highest BCUT2D eigenvalue weighted by molar-refractivity contribution is 6.49. The molecule has 0 aliphatic carbocycles. The fourth-order valence-corrected chi connectivity index (χ4v) is 3.58. The standard InChI is InChI=1S/C6H18OSi2/c1-5-6(2,8)7-9(3)4/h9H,5H2,1-4,8H3. The summed E-state index contributed by atoms with van der Waals surface area (Å²) in [5.41, 5.74) is 0. The van der Waals surface area contributed by atoms with Gasteiger partial charge in [0.25, 0.3) is 0 Å². The summed E-state index contributed by atoms with van der Waals surface area (Å²) in [6.07, 6.45) is 1.17. The summed E-state index contributed by atoms with van der Waals surface area (Å²) in [6.45, 7) is 8.87. The van der Waals surface area contributed by atoms with Crippen LogP contribution < -0.4 is 0 Å². The predicted molar refractivity (Wildman–Crippen MR) is 48.6 cm³/mol. The lowest BCUT2D eigenvalue weighted by Crippen LogP contribution is -2.32. The van der Waals surface area contributed by atoms with Crippen LogP contribution in [-0.4, -0.2) is 24.5 Å². The third kappa shape index (κ3) is 4.87. The summed E-state index contributed by atoms with van der Waals surface area (Å²) in [4.78, 5) is 0. The van der Waals surface area contributed by atoms with Crippen molar-refractivity contribution in [3.8, 4) is 0 Å². The quantitative estimate of drug-likeness (QED) is 0.549. The monoisotopic (exact) mass is 162 g/mol. The summed E-state index contributed by atoms with van der Waals surface area (Å²) >= 11 is 0. The summed E-state index contributed by atoms with van der Waals surface area (Å²) in [5, 5.41) is 0.264. The Morgan fingerprint density at radius 3 is 2.11 bits per heavy atom. The smallest absolute Gasteiger partial charge is 0.171 e. The molecule has 9 heavy (non-hydrogen) atoms. The molecule has 0 amide bonds. The van der Waals surface area contributed by atoms with Crippen LogP contribution in [-0.2, 0) is 4.43 Å². The molecule has 0 saturated heterocycles. The van der Waals surface area contributed by atoms with E-state index in [1.807, 2.05) is 0 Å². The highest BCUT2D eigenvalue weighted by Gasteiger charge is 2.16. The zero-order valence-corrected chi connectivity index (χ0v) is 10.3. The zero-order valence-electron chi connectivity index (χ0n) is 7.19. The van der Waals surface area contributed by atoms with Gasteiger partial charge in [0, 0.05) is 15.5 Å². The first-order valence-electron chi connectivity index (χ1n) is 3.66. The molecule has 0 saturated carbocycles. The zero-order chi connectivity index (χ0) is 7.49. The van der Waals surface area contributed by atoms with E-state index in [0.29, 0.717) is 0 Å². The molecule has 1 nitrogen and oxygen atoms in total. The number of rotatable bonds is 3. The minimum absolute atomic E-state index is 0.264. The maximum atomic E-state index is 5.79. The molecule has 0 fully saturated rings. The average Bonchev–Trinajstić information content (AvgIpc) is 1.63. The molecular weight excluding hydrogens is 144 g/mol. The van der Waals surface area contributed by atoms with Crippen LogP contribution in [0.2, 0.25) is 13.1 Å². The van der Waals surface area contributed by atoms with Crippen LogP contribution in [0.25, 0.3) is 0 Å². The number of hydrogen-bond acceptors (Lipinski definition) is 1. The van der Waals surface area contributed by atoms with Crippen molar-refractivity contribution in [3.05, 3.63) is 0 Å². The summed E-state index contributed by atoms with van der Waals surface area (Å²) in [5.74, 6) is 0. The molecule has 0 N–H and O–H groups in total. The summed E-state index contributed by atoms with van der Waals surface area (Å²) in [7, 11) is 0.381. The molecule has 56 valence electrons. The molecule has 0 aliphatic heterocycles. The highest BCUT2D eigenvalue weighted by Crippen LogP contribution is 2.10. The molecular formula is C6H18OSi2. The van der Waals surface area contributed by atoms with Gasteiger partial charge in [0.1, 0.15) is 0 Å². The molecule has 1 unspecified atom stereocenters. The fraction of sp³-hybridized carbons (Fsp3) is 1.00. The van der Waals surface area contributed by atoms with Crippen LogP contribution in [0.4, 0.5) is 0 Å². The number of hydrogen-bond donors (Lipinski definition) is 0. The molecule has 3 heteroatoms. The highest BCUT2D eigenvalue weighted by atomic mass is 28.3. The van der Waals surface area contributed by atoms with E-state index in [4.69, 9.17) is 4.43 Å². The average molecular weight is 162 g/mol. The van der Waals surface area contributed by atoms with Gasteiger partial charge in [-0.05, 0) is 26.4 Å². The van der Waals surface area contributed by atoms with Crippen molar-refractivity contribution in [1.29, 1.82) is 0 Å². The van der Waals surface area contributed by atoms with Crippen LogP contribution in [0.1, 0.15) is 20.3 Å². The van der Waals surface area contributed by atoms with E-state index in [1.165, 1.54) is 6.42 Å². The van der Waals surface area contributed by atoms with Crippen molar-refractivity contribution < 1.29 is 4.43 Å². The van der Waals surface area contributed by atoms with E-state index in [0.717, 1.165) is 10.2 Å². The Labute approximate surface area is 62.9 Å². The van der Waals surface area contributed by atoms with Crippen LogP contribution in [0.15, 0.2) is 0 Å². The van der Waals surface area contributed by atoms with Crippen molar-refractivity contribution in [2.75, 3.05) is 0 Å². The second-order valence-electron chi connectivity index (χ2n) is 3.28. The molecule has 0 radical (unpaired) electrons. The van der Waals surface area contributed by atoms with Gasteiger partial charge < -0.3 is 4.43 Å². The molecule has 0 heterocycles. The van der Waals surface area contributed by atoms with Gasteiger partial charge in [-0.2, -0.15) is 0 Å². The van der Waals surface area contributed by atoms with Crippen molar-refractivity contribution in [2.24, 2.45) is 0 Å². The second-order valence-corrected chi connectivity index (χ2v) is 7.73. The topological polar surface area (TPSA) is 9.23 Å². The Hall–Kier alpha value is 0.394. The summed E-state index contributed by atoms with van der Waals surface area (Å²) in [6, 6.07) is 0. The van der Waals surface area contributed by atoms with Crippen molar-refractivity contribution in [3.63, 3.8) is 0 Å². The Morgan fingerprint density at radius 2 is 2.00 bits per heavy atom. The van der Waals surface area contributed by atoms with Gasteiger partial charge in [-0.15, -0.1) is 0 Å². The normalized spacial score (nSPS) is 18.3. The first kappa shape index (κ1) is 9.39. The first-order valence-corrected chi connectivity index (χ1v) is 7.44. The SMILES string of the molecule is CCC(C)([SiH3])O[SiH](C)C. The second kappa shape index (κ2) is 3.53. The lowest BCUT2D eigenvalue weighted by atomic mass is 10.3. The van der Waals surface area contributed by atoms with Gasteiger partial charge in [-0.1, -0.05) is 6.92 Å². The minimum Gasteiger partial charge on any atom is -0.419 e. The molecule has 0 bridgehead atoms. The van der Waals surface area contributed by atoms with E-state index in [2.05, 4.69) is 26.9 Å². The van der Waals surface area contributed by atoms with Crippen LogP contribution in [0.3, 0.4) is 0 Å². The minimum atomic E-state index is -0.778. The maximum absolute atomic E-state index is 5.79. The molecule has 0 spiro atoms. The van der Waals surface area contributed by atoms with Gasteiger partial charge in [-0.25, -0.2) is 0 Å². The van der Waals surface area contributed by atoms with Gasteiger partial charge in [-0.3, -0.25) is 0 Å². The van der Waals surface area contributed by atoms with Crippen LogP contribution in [0, 0.1) is 0 Å². The molecule has 0 aromatic carbocycles. The molecule has 0 aromatic rings. The Balaban J connectivity index is 3.58. The van der Waals surface area contributed by atoms with Crippen molar-refractivity contribution in [2.45, 2.75) is 38.6 Å². The van der Waals surface area contributed by atoms with Gasteiger partial charge in [0.05, 0.1) is 0 Å². The van der Waals surface area contributed by atoms with Gasteiger partial charge in [0.2, 0.25) is 0 Å². The van der Waals surface area contributed by atoms with Gasteiger partial charge in [0.15, 0.2) is 9.04 Å². The van der Waals surface area contributed by atoms with E-state index in [-0.39, 0.29) is 5.22 Å². The first-order chi connectivity index (χ1) is 3.98. The van der Waals surface area contributed by atoms with E-state index in [9.17, 15) is 0 Å². The third-order valence-electron chi connectivity index (χ3n) is 1.41. The Bertz CT molecular complexity index is 81.1. The van der Waals surface area contributed by atoms with Crippen LogP contribution >= 0.6 is 0 Å². The maximum Gasteiger partial charge on any atom is 0.171 e. The van der Waals surface area contributed by atoms with Crippen molar-refractivity contribution >= 4 is 19.3 Å². The molecule has 1 atom stereocenters. The lowest BCUT2D eigenvalue weighted by Gasteiger charge is -2.26. The van der Waals surface area contributed by atoms with E-state index in [1.54, 1.807) is 0 Å². The third-order valence-corrected chi connectivity index (χ3v) is 3.93. The van der Waals surface area contributed by atoms with E-state index < -0.39 is 9.04 Å². The molecule has 0 rings (SSSR count). The van der Waals surface area contributed by atoms with Gasteiger partial charge >= 0.3 is 0 Å². The van der Waals surface area contributed by atoms with Crippen molar-refractivity contribution in [1.82, 2.24) is 0 Å². The van der Waals surface area contributed by atoms with E-state index >= 15 is 0 Å². The molecule has 0 aliphatic rings. The molecule has 0 aromatic heterocycles. The summed E-state index contributed by atoms with van der Waals surface area (Å²) < 4.78 is 5.79. The van der Waals surface area contributed by atoms with Crippen LogP contribution in [0.5, 0.6) is 0 Å². The largest absolute Gasteiger partial charge is 0.419 e. The Morgan fingerprint density at radius 1 is 1.56 bits per heavy atom. The predicted octanol–water partition coefficient (Wildman–Crippen LogP) is 0.478. The Kier molecular flexibility index (Phi) is 3.69.